The predicted octanol–water partition coefficient (Wildman–Crippen LogP) is 1.65. The molecule has 0 fully saturated rings. The maximum Gasteiger partial charge on any atom is 0.119 e. The van der Waals surface area contributed by atoms with Crippen molar-refractivity contribution in [3.05, 3.63) is 29.6 Å². The number of aliphatic hydroxyl groups excluding tert-OH is 1. The zero-order valence-electron chi connectivity index (χ0n) is 9.69. The highest BCUT2D eigenvalue weighted by atomic mass is 32.1. The van der Waals surface area contributed by atoms with Crippen LogP contribution in [0.5, 0.6) is 5.75 Å². The summed E-state index contributed by atoms with van der Waals surface area (Å²) in [5, 5.41) is 15.3. The number of aliphatic hydroxyl groups is 1. The van der Waals surface area contributed by atoms with E-state index in [0.717, 1.165) is 11.3 Å². The lowest BCUT2D eigenvalue weighted by Gasteiger charge is -2.10. The van der Waals surface area contributed by atoms with E-state index < -0.39 is 6.10 Å². The Morgan fingerprint density at radius 1 is 1.39 bits per heavy atom. The van der Waals surface area contributed by atoms with E-state index in [9.17, 15) is 5.11 Å². The molecule has 2 aromatic rings. The molecule has 0 aliphatic heterocycles. The number of aromatic nitrogens is 2. The van der Waals surface area contributed by atoms with Crippen LogP contribution in [0, 0.1) is 0 Å². The third kappa shape index (κ3) is 3.35. The SMILES string of the molecule is C=NCC(O)COc1ccc(-c2csnn2)cc1. The Morgan fingerprint density at radius 2 is 2.17 bits per heavy atom. The van der Waals surface area contributed by atoms with Crippen LogP contribution < -0.4 is 4.74 Å². The summed E-state index contributed by atoms with van der Waals surface area (Å²) in [5.74, 6) is 0.699. The molecular formula is C12H13N3O2S. The summed E-state index contributed by atoms with van der Waals surface area (Å²) in [5.41, 5.74) is 1.84. The second-order valence-corrected chi connectivity index (χ2v) is 4.30. The fraction of sp³-hybridized carbons (Fsp3) is 0.250. The van der Waals surface area contributed by atoms with Crippen LogP contribution in [-0.4, -0.2) is 40.7 Å². The van der Waals surface area contributed by atoms with Crippen LogP contribution in [0.15, 0.2) is 34.6 Å². The summed E-state index contributed by atoms with van der Waals surface area (Å²) in [6, 6.07) is 7.49. The zero-order chi connectivity index (χ0) is 12.8. The van der Waals surface area contributed by atoms with Gasteiger partial charge < -0.3 is 9.84 Å². The van der Waals surface area contributed by atoms with Crippen LogP contribution in [0.1, 0.15) is 0 Å². The molecule has 6 heteroatoms. The van der Waals surface area contributed by atoms with Crippen LogP contribution in [-0.2, 0) is 0 Å². The first kappa shape index (κ1) is 12.7. The van der Waals surface area contributed by atoms with E-state index in [4.69, 9.17) is 4.74 Å². The molecule has 0 saturated heterocycles. The molecule has 18 heavy (non-hydrogen) atoms. The van der Waals surface area contributed by atoms with Gasteiger partial charge in [0.05, 0.1) is 6.54 Å². The second kappa shape index (κ2) is 6.23. The van der Waals surface area contributed by atoms with Gasteiger partial charge in [-0.3, -0.25) is 4.99 Å². The van der Waals surface area contributed by atoms with Crippen LogP contribution in [0.2, 0.25) is 0 Å². The molecule has 1 heterocycles. The lowest BCUT2D eigenvalue weighted by Crippen LogP contribution is -2.20. The van der Waals surface area contributed by atoms with Gasteiger partial charge in [-0.15, -0.1) is 5.10 Å². The highest BCUT2D eigenvalue weighted by molar-refractivity contribution is 7.03. The van der Waals surface area contributed by atoms with Gasteiger partial charge in [0, 0.05) is 10.9 Å². The van der Waals surface area contributed by atoms with Gasteiger partial charge in [0.2, 0.25) is 0 Å². The molecule has 0 aliphatic rings. The van der Waals surface area contributed by atoms with Crippen LogP contribution in [0.3, 0.4) is 0 Å². The molecule has 0 amide bonds. The topological polar surface area (TPSA) is 67.6 Å². The molecule has 0 aliphatic carbocycles. The number of rotatable bonds is 6. The molecule has 0 bridgehead atoms. The first-order chi connectivity index (χ1) is 8.79. The Kier molecular flexibility index (Phi) is 4.38. The predicted molar refractivity (Wildman–Crippen MR) is 71.3 cm³/mol. The number of hydrogen-bond acceptors (Lipinski definition) is 6. The fourth-order valence-electron chi connectivity index (χ4n) is 1.41. The van der Waals surface area contributed by atoms with E-state index in [1.807, 2.05) is 29.6 Å². The standard InChI is InChI=1S/C12H13N3O2S/c1-13-6-10(16)7-17-11-4-2-9(3-5-11)12-8-18-15-14-12/h2-5,8,10,16H,1,6-7H2. The van der Waals surface area contributed by atoms with Crippen LogP contribution in [0.4, 0.5) is 0 Å². The lowest BCUT2D eigenvalue weighted by atomic mass is 10.2. The van der Waals surface area contributed by atoms with Gasteiger partial charge in [-0.1, -0.05) is 4.49 Å². The van der Waals surface area contributed by atoms with E-state index in [1.54, 1.807) is 0 Å². The summed E-state index contributed by atoms with van der Waals surface area (Å²) < 4.78 is 9.23. The lowest BCUT2D eigenvalue weighted by molar-refractivity contribution is 0.115. The summed E-state index contributed by atoms with van der Waals surface area (Å²) in [4.78, 5) is 3.60. The van der Waals surface area contributed by atoms with Crippen molar-refractivity contribution in [2.75, 3.05) is 13.2 Å². The van der Waals surface area contributed by atoms with Crippen molar-refractivity contribution in [2.45, 2.75) is 6.10 Å². The van der Waals surface area contributed by atoms with E-state index in [2.05, 4.69) is 21.3 Å². The third-order valence-corrected chi connectivity index (χ3v) is 2.80. The minimum absolute atomic E-state index is 0.205. The van der Waals surface area contributed by atoms with Gasteiger partial charge in [0.25, 0.3) is 0 Å². The van der Waals surface area contributed by atoms with Crippen molar-refractivity contribution in [3.63, 3.8) is 0 Å². The van der Waals surface area contributed by atoms with E-state index in [0.29, 0.717) is 5.75 Å². The van der Waals surface area contributed by atoms with E-state index >= 15 is 0 Å². The van der Waals surface area contributed by atoms with Crippen molar-refractivity contribution in [3.8, 4) is 17.0 Å². The number of benzene rings is 1. The van der Waals surface area contributed by atoms with E-state index in [1.165, 1.54) is 11.5 Å². The summed E-state index contributed by atoms with van der Waals surface area (Å²) in [7, 11) is 0. The highest BCUT2D eigenvalue weighted by Crippen LogP contribution is 2.21. The Bertz CT molecular complexity index is 485. The van der Waals surface area contributed by atoms with Crippen LogP contribution >= 0.6 is 11.5 Å². The van der Waals surface area contributed by atoms with Crippen molar-refractivity contribution in [1.29, 1.82) is 0 Å². The molecule has 2 rings (SSSR count). The number of nitrogens with zero attached hydrogens (tertiary/aromatic N) is 3. The second-order valence-electron chi connectivity index (χ2n) is 3.69. The summed E-state index contributed by atoms with van der Waals surface area (Å²) in [6.07, 6.45) is -0.620. The quantitative estimate of drug-likeness (QED) is 0.805. The molecule has 1 aromatic carbocycles. The molecule has 1 atom stereocenters. The molecule has 1 unspecified atom stereocenters. The first-order valence-corrected chi connectivity index (χ1v) is 6.24. The molecule has 1 N–H and O–H groups in total. The monoisotopic (exact) mass is 263 g/mol. The number of hydrogen-bond donors (Lipinski definition) is 1. The van der Waals surface area contributed by atoms with Gasteiger partial charge in [-0.2, -0.15) is 0 Å². The summed E-state index contributed by atoms with van der Waals surface area (Å²) >= 11 is 1.32. The molecule has 5 nitrogen and oxygen atoms in total. The minimum Gasteiger partial charge on any atom is -0.491 e. The average molecular weight is 263 g/mol. The summed E-state index contributed by atoms with van der Waals surface area (Å²) in [6.45, 7) is 3.80. The van der Waals surface area contributed by atoms with Gasteiger partial charge in [-0.25, -0.2) is 0 Å². The van der Waals surface area contributed by atoms with Crippen molar-refractivity contribution in [2.24, 2.45) is 4.99 Å². The fourth-order valence-corrected chi connectivity index (χ4v) is 1.87. The number of ether oxygens (including phenoxy) is 1. The third-order valence-electron chi connectivity index (χ3n) is 2.29. The highest BCUT2D eigenvalue weighted by Gasteiger charge is 2.04. The molecule has 0 spiro atoms. The van der Waals surface area contributed by atoms with Crippen molar-refractivity contribution in [1.82, 2.24) is 9.59 Å². The van der Waals surface area contributed by atoms with Gasteiger partial charge in [0.15, 0.2) is 0 Å². The van der Waals surface area contributed by atoms with Crippen molar-refractivity contribution < 1.29 is 9.84 Å². The normalized spacial score (nSPS) is 12.1. The largest absolute Gasteiger partial charge is 0.491 e. The Morgan fingerprint density at radius 3 is 2.78 bits per heavy atom. The Hall–Kier alpha value is -1.79. The zero-order valence-corrected chi connectivity index (χ0v) is 10.5. The van der Waals surface area contributed by atoms with Gasteiger partial charge >= 0.3 is 0 Å². The molecular weight excluding hydrogens is 250 g/mol. The maximum absolute atomic E-state index is 9.44. The first-order valence-electron chi connectivity index (χ1n) is 5.40. The Balaban J connectivity index is 1.94. The minimum atomic E-state index is -0.620. The molecule has 0 radical (unpaired) electrons. The maximum atomic E-state index is 9.44. The molecule has 0 saturated carbocycles. The smallest absolute Gasteiger partial charge is 0.119 e. The molecule has 1 aromatic heterocycles. The Labute approximate surface area is 109 Å². The van der Waals surface area contributed by atoms with Crippen molar-refractivity contribution >= 4 is 18.3 Å². The van der Waals surface area contributed by atoms with Gasteiger partial charge in [-0.05, 0) is 42.5 Å². The van der Waals surface area contributed by atoms with Crippen LogP contribution in [0.25, 0.3) is 11.3 Å². The van der Waals surface area contributed by atoms with E-state index in [-0.39, 0.29) is 13.2 Å². The molecule has 94 valence electrons. The number of aliphatic imine (C=N–C) groups is 1. The van der Waals surface area contributed by atoms with Gasteiger partial charge in [0.1, 0.15) is 24.2 Å². The average Bonchev–Trinajstić information content (AvgIpc) is 2.91.